The van der Waals surface area contributed by atoms with Crippen molar-refractivity contribution >= 4 is 5.91 Å². The first-order chi connectivity index (χ1) is 6.75. The number of rotatable bonds is 2. The molecule has 0 saturated carbocycles. The number of carbonyl (C=O) groups is 1. The molecule has 0 aliphatic carbocycles. The lowest BCUT2D eigenvalue weighted by Crippen LogP contribution is -2.52. The van der Waals surface area contributed by atoms with Gasteiger partial charge >= 0.3 is 0 Å². The summed E-state index contributed by atoms with van der Waals surface area (Å²) in [6.07, 6.45) is 0.933. The highest BCUT2D eigenvalue weighted by molar-refractivity contribution is 5.86. The predicted molar refractivity (Wildman–Crippen MR) is 55.7 cm³/mol. The Bertz CT molecular complexity index is 333. The third kappa shape index (κ3) is 1.22. The van der Waals surface area contributed by atoms with Gasteiger partial charge in [-0.05, 0) is 12.0 Å². The monoisotopic (exact) mass is 189 g/mol. The summed E-state index contributed by atoms with van der Waals surface area (Å²) in [5, 5.41) is 0. The van der Waals surface area contributed by atoms with Crippen LogP contribution in [0.5, 0.6) is 0 Å². The maximum atomic E-state index is 11.5. The molecular formula is C12H15NO. The normalized spacial score (nSPS) is 26.1. The Morgan fingerprint density at radius 2 is 1.93 bits per heavy atom. The van der Waals surface area contributed by atoms with Crippen LogP contribution in [0.15, 0.2) is 30.3 Å². The van der Waals surface area contributed by atoms with Gasteiger partial charge < -0.3 is 4.90 Å². The second-order valence-electron chi connectivity index (χ2n) is 3.82. The molecule has 2 unspecified atom stereocenters. The Labute approximate surface area is 84.5 Å². The van der Waals surface area contributed by atoms with E-state index < -0.39 is 0 Å². The lowest BCUT2D eigenvalue weighted by molar-refractivity contribution is -0.154. The Morgan fingerprint density at radius 1 is 1.29 bits per heavy atom. The van der Waals surface area contributed by atoms with Gasteiger partial charge in [0.15, 0.2) is 0 Å². The van der Waals surface area contributed by atoms with Gasteiger partial charge in [0.1, 0.15) is 0 Å². The van der Waals surface area contributed by atoms with Crippen molar-refractivity contribution in [2.75, 3.05) is 7.05 Å². The fraction of sp³-hybridized carbons (Fsp3) is 0.417. The van der Waals surface area contributed by atoms with Crippen molar-refractivity contribution in [3.8, 4) is 0 Å². The van der Waals surface area contributed by atoms with Gasteiger partial charge in [0.2, 0.25) is 5.91 Å². The van der Waals surface area contributed by atoms with Gasteiger partial charge in [-0.2, -0.15) is 0 Å². The molecule has 1 aromatic rings. The van der Waals surface area contributed by atoms with Crippen molar-refractivity contribution in [1.29, 1.82) is 0 Å². The summed E-state index contributed by atoms with van der Waals surface area (Å²) in [7, 11) is 1.88. The van der Waals surface area contributed by atoms with E-state index in [1.165, 1.54) is 5.56 Å². The highest BCUT2D eigenvalue weighted by atomic mass is 16.2. The van der Waals surface area contributed by atoms with E-state index >= 15 is 0 Å². The number of benzene rings is 1. The molecule has 1 aromatic carbocycles. The first-order valence-electron chi connectivity index (χ1n) is 5.07. The minimum Gasteiger partial charge on any atom is -0.338 e. The maximum Gasteiger partial charge on any atom is 0.228 e. The van der Waals surface area contributed by atoms with Crippen LogP contribution in [0, 0.1) is 5.92 Å². The Hall–Kier alpha value is -1.31. The third-order valence-corrected chi connectivity index (χ3v) is 3.04. The van der Waals surface area contributed by atoms with Crippen molar-refractivity contribution in [3.05, 3.63) is 35.9 Å². The molecule has 74 valence electrons. The summed E-state index contributed by atoms with van der Waals surface area (Å²) < 4.78 is 0. The topological polar surface area (TPSA) is 20.3 Å². The fourth-order valence-electron chi connectivity index (χ4n) is 2.23. The van der Waals surface area contributed by atoms with Crippen molar-refractivity contribution in [1.82, 2.24) is 4.90 Å². The molecule has 1 aliphatic rings. The van der Waals surface area contributed by atoms with Crippen LogP contribution >= 0.6 is 0 Å². The number of likely N-dealkylation sites (tertiary alicyclic amines) is 1. The van der Waals surface area contributed by atoms with E-state index in [9.17, 15) is 4.79 Å². The number of amides is 1. The molecule has 0 spiro atoms. The van der Waals surface area contributed by atoms with Crippen LogP contribution in [0.25, 0.3) is 0 Å². The summed E-state index contributed by atoms with van der Waals surface area (Å²) in [5.41, 5.74) is 1.25. The molecule has 2 heteroatoms. The van der Waals surface area contributed by atoms with Crippen LogP contribution < -0.4 is 0 Å². The van der Waals surface area contributed by atoms with Gasteiger partial charge in [-0.3, -0.25) is 4.79 Å². The van der Waals surface area contributed by atoms with Crippen LogP contribution in [0.4, 0.5) is 0 Å². The van der Waals surface area contributed by atoms with Crippen molar-refractivity contribution in [2.45, 2.75) is 19.4 Å². The second-order valence-corrected chi connectivity index (χ2v) is 3.82. The molecule has 1 saturated heterocycles. The molecule has 0 radical (unpaired) electrons. The van der Waals surface area contributed by atoms with Gasteiger partial charge in [0.25, 0.3) is 0 Å². The molecule has 2 atom stereocenters. The lowest BCUT2D eigenvalue weighted by atomic mass is 9.81. The maximum absolute atomic E-state index is 11.5. The van der Waals surface area contributed by atoms with Gasteiger partial charge in [-0.1, -0.05) is 37.3 Å². The predicted octanol–water partition coefficient (Wildman–Crippen LogP) is 2.23. The molecule has 1 heterocycles. The molecule has 0 bridgehead atoms. The van der Waals surface area contributed by atoms with Gasteiger partial charge in [-0.25, -0.2) is 0 Å². The van der Waals surface area contributed by atoms with E-state index in [-0.39, 0.29) is 11.8 Å². The molecule has 1 fully saturated rings. The standard InChI is InChI=1S/C12H15NO/c1-3-10-11(13(2)12(10)14)9-7-5-4-6-8-9/h4-8,10-11H,3H2,1-2H3. The number of nitrogens with zero attached hydrogens (tertiary/aromatic N) is 1. The van der Waals surface area contributed by atoms with Gasteiger partial charge in [-0.15, -0.1) is 0 Å². The van der Waals surface area contributed by atoms with Crippen LogP contribution in [0.1, 0.15) is 24.9 Å². The molecule has 0 aromatic heterocycles. The molecule has 1 aliphatic heterocycles. The zero-order valence-electron chi connectivity index (χ0n) is 8.60. The minimum absolute atomic E-state index is 0.197. The summed E-state index contributed by atoms with van der Waals surface area (Å²) in [5.74, 6) is 0.476. The molecule has 2 rings (SSSR count). The van der Waals surface area contributed by atoms with Gasteiger partial charge in [0.05, 0.1) is 12.0 Å². The molecular weight excluding hydrogens is 174 g/mol. The highest BCUT2D eigenvalue weighted by Gasteiger charge is 2.43. The summed E-state index contributed by atoms with van der Waals surface area (Å²) >= 11 is 0. The first kappa shape index (κ1) is 9.25. The van der Waals surface area contributed by atoms with E-state index in [2.05, 4.69) is 19.1 Å². The average Bonchev–Trinajstić information content (AvgIpc) is 2.25. The molecule has 0 N–H and O–H groups in total. The summed E-state index contributed by atoms with van der Waals surface area (Å²) in [4.78, 5) is 13.3. The molecule has 2 nitrogen and oxygen atoms in total. The molecule has 1 amide bonds. The Kier molecular flexibility index (Phi) is 2.28. The van der Waals surface area contributed by atoms with Crippen LogP contribution in [0.2, 0.25) is 0 Å². The van der Waals surface area contributed by atoms with Crippen molar-refractivity contribution in [3.63, 3.8) is 0 Å². The van der Waals surface area contributed by atoms with E-state index in [1.807, 2.05) is 30.1 Å². The molecule has 14 heavy (non-hydrogen) atoms. The number of carbonyl (C=O) groups excluding carboxylic acids is 1. The Morgan fingerprint density at radius 3 is 2.50 bits per heavy atom. The van der Waals surface area contributed by atoms with E-state index in [4.69, 9.17) is 0 Å². The van der Waals surface area contributed by atoms with Crippen LogP contribution in [-0.2, 0) is 4.79 Å². The highest BCUT2D eigenvalue weighted by Crippen LogP contribution is 2.40. The Balaban J connectivity index is 2.23. The number of hydrogen-bond acceptors (Lipinski definition) is 1. The largest absolute Gasteiger partial charge is 0.338 e. The second kappa shape index (κ2) is 3.45. The lowest BCUT2D eigenvalue weighted by Gasteiger charge is -2.45. The van der Waals surface area contributed by atoms with E-state index in [0.717, 1.165) is 6.42 Å². The quantitative estimate of drug-likeness (QED) is 0.653. The fourth-order valence-corrected chi connectivity index (χ4v) is 2.23. The van der Waals surface area contributed by atoms with Crippen LogP contribution in [-0.4, -0.2) is 17.9 Å². The summed E-state index contributed by atoms with van der Waals surface area (Å²) in [6.45, 7) is 2.07. The van der Waals surface area contributed by atoms with Gasteiger partial charge in [0, 0.05) is 7.05 Å². The minimum atomic E-state index is 0.197. The van der Waals surface area contributed by atoms with Crippen molar-refractivity contribution < 1.29 is 4.79 Å². The number of hydrogen-bond donors (Lipinski definition) is 0. The summed E-state index contributed by atoms with van der Waals surface area (Å²) in [6, 6.07) is 10.5. The SMILES string of the molecule is CCC1C(=O)N(C)C1c1ccccc1. The van der Waals surface area contributed by atoms with E-state index in [1.54, 1.807) is 0 Å². The first-order valence-corrected chi connectivity index (χ1v) is 5.07. The van der Waals surface area contributed by atoms with E-state index in [0.29, 0.717) is 6.04 Å². The number of β-lactam (4-membered cyclic amide) rings is 1. The zero-order chi connectivity index (χ0) is 10.1. The zero-order valence-corrected chi connectivity index (χ0v) is 8.60. The van der Waals surface area contributed by atoms with Crippen molar-refractivity contribution in [2.24, 2.45) is 5.92 Å². The average molecular weight is 189 g/mol. The third-order valence-electron chi connectivity index (χ3n) is 3.04. The van der Waals surface area contributed by atoms with Crippen LogP contribution in [0.3, 0.4) is 0 Å². The smallest absolute Gasteiger partial charge is 0.228 e.